The maximum absolute atomic E-state index is 10.8. The van der Waals surface area contributed by atoms with E-state index in [4.69, 9.17) is 16.3 Å². The van der Waals surface area contributed by atoms with Crippen LogP contribution < -0.4 is 4.74 Å². The summed E-state index contributed by atoms with van der Waals surface area (Å²) >= 11 is 6.07. The highest BCUT2D eigenvalue weighted by atomic mass is 35.5. The van der Waals surface area contributed by atoms with Gasteiger partial charge >= 0.3 is 0 Å². The highest BCUT2D eigenvalue weighted by Gasteiger charge is 2.12. The normalized spacial score (nSPS) is 10.6. The summed E-state index contributed by atoms with van der Waals surface area (Å²) in [6, 6.07) is 5.32. The molecule has 0 bridgehead atoms. The number of methoxy groups -OCH3 is 1. The number of hydrogen-bond acceptors (Lipinski definition) is 2. The number of nitrogens with zero attached hydrogens (tertiary/aromatic N) is 1. The Hall–Kier alpha value is -1.48. The smallest absolute Gasteiger partial charge is 0.166 e. The molecule has 0 unspecified atom stereocenters. The number of carbonyl (C=O) groups excluding carboxylic acids is 1. The number of ether oxygens (including phenoxy) is 1. The molecular weight excluding hydrogens is 214 g/mol. The maximum atomic E-state index is 10.8. The molecule has 1 aromatic carbocycles. The van der Waals surface area contributed by atoms with Crippen molar-refractivity contribution >= 4 is 28.8 Å². The van der Waals surface area contributed by atoms with Crippen molar-refractivity contribution < 1.29 is 9.53 Å². The molecule has 0 saturated carbocycles. The fourth-order valence-electron chi connectivity index (χ4n) is 1.71. The van der Waals surface area contributed by atoms with Crippen LogP contribution in [-0.2, 0) is 7.05 Å². The zero-order valence-electron chi connectivity index (χ0n) is 8.45. The number of aldehydes is 1. The van der Waals surface area contributed by atoms with Crippen LogP contribution in [0.2, 0.25) is 5.02 Å². The second-order valence-corrected chi connectivity index (χ2v) is 3.67. The van der Waals surface area contributed by atoms with Gasteiger partial charge in [-0.05, 0) is 18.2 Å². The van der Waals surface area contributed by atoms with E-state index in [9.17, 15) is 4.79 Å². The molecule has 1 aromatic heterocycles. The molecule has 0 N–H and O–H groups in total. The Morgan fingerprint density at radius 1 is 1.47 bits per heavy atom. The average molecular weight is 224 g/mol. The number of halogens is 1. The van der Waals surface area contributed by atoms with Crippen molar-refractivity contribution in [1.82, 2.24) is 4.57 Å². The molecule has 0 radical (unpaired) electrons. The fraction of sp³-hybridized carbons (Fsp3) is 0.182. The molecule has 1 heterocycles. The van der Waals surface area contributed by atoms with E-state index < -0.39 is 0 Å². The highest BCUT2D eigenvalue weighted by molar-refractivity contribution is 6.35. The summed E-state index contributed by atoms with van der Waals surface area (Å²) in [4.78, 5) is 10.8. The predicted molar refractivity (Wildman–Crippen MR) is 59.9 cm³/mol. The number of aromatic nitrogens is 1. The van der Waals surface area contributed by atoms with Gasteiger partial charge in [-0.15, -0.1) is 0 Å². The molecule has 4 heteroatoms. The van der Waals surface area contributed by atoms with Crippen molar-refractivity contribution in [3.05, 3.63) is 28.9 Å². The van der Waals surface area contributed by atoms with E-state index in [1.165, 1.54) is 0 Å². The third-order valence-corrected chi connectivity index (χ3v) is 2.79. The first-order chi connectivity index (χ1) is 7.19. The van der Waals surface area contributed by atoms with Gasteiger partial charge in [0, 0.05) is 12.4 Å². The van der Waals surface area contributed by atoms with Crippen molar-refractivity contribution in [2.75, 3.05) is 7.11 Å². The minimum atomic E-state index is 0.580. The molecule has 0 spiro atoms. The quantitative estimate of drug-likeness (QED) is 0.733. The van der Waals surface area contributed by atoms with Crippen LogP contribution in [0.4, 0.5) is 0 Å². The Kier molecular flexibility index (Phi) is 2.40. The molecule has 0 atom stereocenters. The van der Waals surface area contributed by atoms with Crippen LogP contribution in [0.3, 0.4) is 0 Å². The first-order valence-electron chi connectivity index (χ1n) is 4.46. The first-order valence-corrected chi connectivity index (χ1v) is 4.84. The van der Waals surface area contributed by atoms with Crippen molar-refractivity contribution in [2.45, 2.75) is 0 Å². The Morgan fingerprint density at radius 2 is 2.20 bits per heavy atom. The topological polar surface area (TPSA) is 31.2 Å². The van der Waals surface area contributed by atoms with Crippen LogP contribution in [0, 0.1) is 0 Å². The molecule has 15 heavy (non-hydrogen) atoms. The number of aryl methyl sites for hydroxylation is 1. The molecule has 0 aliphatic rings. The third-order valence-electron chi connectivity index (χ3n) is 2.48. The molecule has 0 aliphatic carbocycles. The van der Waals surface area contributed by atoms with Crippen LogP contribution in [0.5, 0.6) is 5.75 Å². The van der Waals surface area contributed by atoms with E-state index in [0.717, 1.165) is 22.9 Å². The average Bonchev–Trinajstić information content (AvgIpc) is 2.57. The molecule has 0 saturated heterocycles. The SMILES string of the molecule is COc1ccc(Cl)c2c1cc(C=O)n2C. The van der Waals surface area contributed by atoms with E-state index >= 15 is 0 Å². The first kappa shape index (κ1) is 10.1. The van der Waals surface area contributed by atoms with Gasteiger partial charge in [0.1, 0.15) is 5.75 Å². The van der Waals surface area contributed by atoms with Crippen LogP contribution in [-0.4, -0.2) is 18.0 Å². The zero-order chi connectivity index (χ0) is 11.0. The molecule has 2 rings (SSSR count). The van der Waals surface area contributed by atoms with Gasteiger partial charge in [-0.3, -0.25) is 4.79 Å². The lowest BCUT2D eigenvalue weighted by Crippen LogP contribution is -1.93. The van der Waals surface area contributed by atoms with Crippen molar-refractivity contribution in [1.29, 1.82) is 0 Å². The van der Waals surface area contributed by atoms with Gasteiger partial charge < -0.3 is 9.30 Å². The monoisotopic (exact) mass is 223 g/mol. The highest BCUT2D eigenvalue weighted by Crippen LogP contribution is 2.32. The largest absolute Gasteiger partial charge is 0.496 e. The minimum absolute atomic E-state index is 0.580. The summed E-state index contributed by atoms with van der Waals surface area (Å²) in [6.45, 7) is 0. The van der Waals surface area contributed by atoms with Gasteiger partial charge in [0.25, 0.3) is 0 Å². The molecule has 3 nitrogen and oxygen atoms in total. The van der Waals surface area contributed by atoms with Crippen LogP contribution in [0.1, 0.15) is 10.5 Å². The maximum Gasteiger partial charge on any atom is 0.166 e. The Morgan fingerprint density at radius 3 is 2.80 bits per heavy atom. The summed E-state index contributed by atoms with van der Waals surface area (Å²) < 4.78 is 6.96. The predicted octanol–water partition coefficient (Wildman–Crippen LogP) is 2.65. The van der Waals surface area contributed by atoms with Gasteiger partial charge in [0.2, 0.25) is 0 Å². The van der Waals surface area contributed by atoms with Crippen molar-refractivity contribution in [3.8, 4) is 5.75 Å². The van der Waals surface area contributed by atoms with E-state index in [-0.39, 0.29) is 0 Å². The third kappa shape index (κ3) is 1.39. The van der Waals surface area contributed by atoms with Gasteiger partial charge in [-0.25, -0.2) is 0 Å². The van der Waals surface area contributed by atoms with Gasteiger partial charge in [0.05, 0.1) is 23.3 Å². The molecule has 0 aliphatic heterocycles. The second-order valence-electron chi connectivity index (χ2n) is 3.26. The molecule has 2 aromatic rings. The van der Waals surface area contributed by atoms with Crippen LogP contribution >= 0.6 is 11.6 Å². The summed E-state index contributed by atoms with van der Waals surface area (Å²) in [5.74, 6) is 0.720. The number of rotatable bonds is 2. The Balaban J connectivity index is 2.91. The lowest BCUT2D eigenvalue weighted by atomic mass is 10.2. The minimum Gasteiger partial charge on any atom is -0.496 e. The fourth-order valence-corrected chi connectivity index (χ4v) is 2.00. The lowest BCUT2D eigenvalue weighted by molar-refractivity contribution is 0.111. The molecule has 78 valence electrons. The molecular formula is C11H10ClNO2. The number of fused-ring (bicyclic) bond motifs is 1. The summed E-state index contributed by atoms with van der Waals surface area (Å²) in [5.41, 5.74) is 1.40. The zero-order valence-corrected chi connectivity index (χ0v) is 9.21. The van der Waals surface area contributed by atoms with Crippen LogP contribution in [0.25, 0.3) is 10.9 Å². The summed E-state index contributed by atoms with van der Waals surface area (Å²) in [6.07, 6.45) is 0.801. The summed E-state index contributed by atoms with van der Waals surface area (Å²) in [7, 11) is 3.40. The van der Waals surface area contributed by atoms with Crippen LogP contribution in [0.15, 0.2) is 18.2 Å². The van der Waals surface area contributed by atoms with E-state index in [2.05, 4.69) is 0 Å². The Labute approximate surface area is 92.2 Å². The van der Waals surface area contributed by atoms with E-state index in [1.54, 1.807) is 36.9 Å². The standard InChI is InChI=1S/C11H10ClNO2/c1-13-7(6-14)5-8-10(15-2)4-3-9(12)11(8)13/h3-6H,1-2H3. The molecule has 0 amide bonds. The van der Waals surface area contributed by atoms with Gasteiger partial charge in [-0.2, -0.15) is 0 Å². The van der Waals surface area contributed by atoms with Gasteiger partial charge in [0.15, 0.2) is 6.29 Å². The van der Waals surface area contributed by atoms with E-state index in [0.29, 0.717) is 10.7 Å². The number of benzene rings is 1. The molecule has 0 fully saturated rings. The number of carbonyl (C=O) groups is 1. The second kappa shape index (κ2) is 3.59. The lowest BCUT2D eigenvalue weighted by Gasteiger charge is -2.04. The number of hydrogen-bond donors (Lipinski definition) is 0. The Bertz CT molecular complexity index is 531. The van der Waals surface area contributed by atoms with Crippen molar-refractivity contribution in [2.24, 2.45) is 7.05 Å². The summed E-state index contributed by atoms with van der Waals surface area (Å²) in [5, 5.41) is 1.47. The van der Waals surface area contributed by atoms with Crippen molar-refractivity contribution in [3.63, 3.8) is 0 Å². The van der Waals surface area contributed by atoms with E-state index in [1.807, 2.05) is 0 Å². The van der Waals surface area contributed by atoms with Gasteiger partial charge in [-0.1, -0.05) is 11.6 Å².